The third-order valence-corrected chi connectivity index (χ3v) is 4.35. The van der Waals surface area contributed by atoms with E-state index in [1.807, 2.05) is 38.4 Å². The highest BCUT2D eigenvalue weighted by molar-refractivity contribution is 5.75. The highest BCUT2D eigenvalue weighted by Crippen LogP contribution is 2.14. The molecule has 2 N–H and O–H groups in total. The maximum absolute atomic E-state index is 11.8. The molecule has 0 fully saturated rings. The molecule has 0 aliphatic carbocycles. The minimum Gasteiger partial charge on any atom is -0.336 e. The van der Waals surface area contributed by atoms with Gasteiger partial charge in [-0.25, -0.2) is 9.78 Å². The average molecular weight is 336 g/mol. The molecule has 0 saturated carbocycles. The molecule has 0 spiro atoms. The predicted molar refractivity (Wildman–Crippen MR) is 100 cm³/mol. The fraction of sp³-hybridized carbons (Fsp3) is 0.300. The molecule has 3 aromatic rings. The van der Waals surface area contributed by atoms with Crippen LogP contribution in [0.15, 0.2) is 54.9 Å². The van der Waals surface area contributed by atoms with Crippen LogP contribution < -0.4 is 10.6 Å². The van der Waals surface area contributed by atoms with Gasteiger partial charge in [0.05, 0.1) is 17.4 Å². The number of hydrogen-bond acceptors (Lipinski definition) is 2. The quantitative estimate of drug-likeness (QED) is 0.721. The standard InChI is InChI=1S/C20H24N4O/c1-3-15(2)23-20(25)21-12-16-8-10-17(11-9-16)13-24-14-22-18-6-4-5-7-19(18)24/h4-11,14-15H,3,12-13H2,1-2H3,(H2,21,23,25). The van der Waals surface area contributed by atoms with Crippen molar-refractivity contribution in [1.82, 2.24) is 20.2 Å². The summed E-state index contributed by atoms with van der Waals surface area (Å²) < 4.78 is 2.14. The summed E-state index contributed by atoms with van der Waals surface area (Å²) >= 11 is 0. The first-order valence-corrected chi connectivity index (χ1v) is 8.67. The SMILES string of the molecule is CCC(C)NC(=O)NCc1ccc(Cn2cnc3ccccc32)cc1. The first-order valence-electron chi connectivity index (χ1n) is 8.67. The van der Waals surface area contributed by atoms with E-state index in [0.717, 1.165) is 29.6 Å². The number of carbonyl (C=O) groups excluding carboxylic acids is 1. The van der Waals surface area contributed by atoms with Gasteiger partial charge in [-0.15, -0.1) is 0 Å². The predicted octanol–water partition coefficient (Wildman–Crippen LogP) is 3.68. The van der Waals surface area contributed by atoms with Crippen molar-refractivity contribution in [2.24, 2.45) is 0 Å². The van der Waals surface area contributed by atoms with Gasteiger partial charge in [0.2, 0.25) is 0 Å². The number of urea groups is 1. The Balaban J connectivity index is 1.58. The first kappa shape index (κ1) is 17.0. The molecule has 0 aliphatic rings. The van der Waals surface area contributed by atoms with Gasteiger partial charge in [0, 0.05) is 19.1 Å². The summed E-state index contributed by atoms with van der Waals surface area (Å²) in [5.41, 5.74) is 4.43. The van der Waals surface area contributed by atoms with Gasteiger partial charge >= 0.3 is 6.03 Å². The zero-order chi connectivity index (χ0) is 17.6. The lowest BCUT2D eigenvalue weighted by molar-refractivity contribution is 0.237. The van der Waals surface area contributed by atoms with Crippen LogP contribution in [0.4, 0.5) is 4.79 Å². The lowest BCUT2D eigenvalue weighted by atomic mass is 10.1. The maximum atomic E-state index is 11.8. The summed E-state index contributed by atoms with van der Waals surface area (Å²) in [5, 5.41) is 5.79. The molecule has 2 amide bonds. The van der Waals surface area contributed by atoms with E-state index >= 15 is 0 Å². The number of para-hydroxylation sites is 2. The topological polar surface area (TPSA) is 59.0 Å². The van der Waals surface area contributed by atoms with E-state index in [1.165, 1.54) is 5.56 Å². The molecule has 1 aromatic heterocycles. The Labute approximate surface area is 148 Å². The number of amides is 2. The van der Waals surface area contributed by atoms with Gasteiger partial charge in [0.25, 0.3) is 0 Å². The van der Waals surface area contributed by atoms with E-state index in [4.69, 9.17) is 0 Å². The molecular formula is C20H24N4O. The molecule has 130 valence electrons. The number of hydrogen-bond donors (Lipinski definition) is 2. The minimum atomic E-state index is -0.122. The van der Waals surface area contributed by atoms with Gasteiger partial charge in [-0.1, -0.05) is 43.3 Å². The molecule has 5 nitrogen and oxygen atoms in total. The number of aromatic nitrogens is 2. The molecule has 5 heteroatoms. The Morgan fingerprint density at radius 3 is 2.60 bits per heavy atom. The smallest absolute Gasteiger partial charge is 0.315 e. The number of rotatable bonds is 6. The maximum Gasteiger partial charge on any atom is 0.315 e. The minimum absolute atomic E-state index is 0.122. The Morgan fingerprint density at radius 1 is 1.12 bits per heavy atom. The molecule has 0 bridgehead atoms. The van der Waals surface area contributed by atoms with Crippen molar-refractivity contribution >= 4 is 17.1 Å². The lowest BCUT2D eigenvalue weighted by Crippen LogP contribution is -2.40. The van der Waals surface area contributed by atoms with Crippen molar-refractivity contribution in [1.29, 1.82) is 0 Å². The third kappa shape index (κ3) is 4.38. The molecular weight excluding hydrogens is 312 g/mol. The number of nitrogens with zero attached hydrogens (tertiary/aromatic N) is 2. The van der Waals surface area contributed by atoms with E-state index < -0.39 is 0 Å². The number of benzene rings is 2. The second-order valence-electron chi connectivity index (χ2n) is 6.31. The Kier molecular flexibility index (Phi) is 5.33. The molecule has 1 heterocycles. The van der Waals surface area contributed by atoms with Gasteiger partial charge in [-0.3, -0.25) is 0 Å². The molecule has 2 aromatic carbocycles. The summed E-state index contributed by atoms with van der Waals surface area (Å²) in [4.78, 5) is 16.2. The van der Waals surface area contributed by atoms with Gasteiger partial charge in [0.15, 0.2) is 0 Å². The highest BCUT2D eigenvalue weighted by atomic mass is 16.2. The molecule has 0 saturated heterocycles. The van der Waals surface area contributed by atoms with Crippen LogP contribution in [-0.2, 0) is 13.1 Å². The van der Waals surface area contributed by atoms with Crippen molar-refractivity contribution in [2.75, 3.05) is 0 Å². The van der Waals surface area contributed by atoms with Crippen LogP contribution in [-0.4, -0.2) is 21.6 Å². The molecule has 1 atom stereocenters. The van der Waals surface area contributed by atoms with Crippen LogP contribution in [0.3, 0.4) is 0 Å². The lowest BCUT2D eigenvalue weighted by Gasteiger charge is -2.12. The number of imidazole rings is 1. The molecule has 0 radical (unpaired) electrons. The van der Waals surface area contributed by atoms with E-state index in [2.05, 4.69) is 50.5 Å². The molecule has 0 aliphatic heterocycles. The average Bonchev–Trinajstić information content (AvgIpc) is 3.04. The highest BCUT2D eigenvalue weighted by Gasteiger charge is 2.05. The van der Waals surface area contributed by atoms with E-state index in [-0.39, 0.29) is 12.1 Å². The molecule has 1 unspecified atom stereocenters. The Bertz CT molecular complexity index is 838. The van der Waals surface area contributed by atoms with Crippen molar-refractivity contribution in [2.45, 2.75) is 39.4 Å². The fourth-order valence-electron chi connectivity index (χ4n) is 2.65. The molecule has 25 heavy (non-hydrogen) atoms. The summed E-state index contributed by atoms with van der Waals surface area (Å²) in [5.74, 6) is 0. The summed E-state index contributed by atoms with van der Waals surface area (Å²) in [6.45, 7) is 5.35. The monoisotopic (exact) mass is 336 g/mol. The summed E-state index contributed by atoms with van der Waals surface area (Å²) in [6, 6.07) is 16.5. The summed E-state index contributed by atoms with van der Waals surface area (Å²) in [6.07, 6.45) is 2.80. The second-order valence-corrected chi connectivity index (χ2v) is 6.31. The zero-order valence-corrected chi connectivity index (χ0v) is 14.7. The second kappa shape index (κ2) is 7.83. The van der Waals surface area contributed by atoms with Crippen LogP contribution in [0, 0.1) is 0 Å². The van der Waals surface area contributed by atoms with Crippen molar-refractivity contribution in [3.05, 3.63) is 66.0 Å². The zero-order valence-electron chi connectivity index (χ0n) is 14.7. The first-order chi connectivity index (χ1) is 12.2. The number of fused-ring (bicyclic) bond motifs is 1. The van der Waals surface area contributed by atoms with Gasteiger partial charge in [-0.05, 0) is 36.6 Å². The van der Waals surface area contributed by atoms with Crippen LogP contribution in [0.25, 0.3) is 11.0 Å². The largest absolute Gasteiger partial charge is 0.336 e. The number of carbonyl (C=O) groups is 1. The van der Waals surface area contributed by atoms with E-state index in [9.17, 15) is 4.79 Å². The molecule has 3 rings (SSSR count). The van der Waals surface area contributed by atoms with Crippen molar-refractivity contribution in [3.8, 4) is 0 Å². The van der Waals surface area contributed by atoms with Crippen LogP contribution >= 0.6 is 0 Å². The Morgan fingerprint density at radius 2 is 1.84 bits per heavy atom. The normalized spacial score (nSPS) is 12.1. The van der Waals surface area contributed by atoms with Crippen molar-refractivity contribution < 1.29 is 4.79 Å². The summed E-state index contributed by atoms with van der Waals surface area (Å²) in [7, 11) is 0. The van der Waals surface area contributed by atoms with Gasteiger partial charge in [0.1, 0.15) is 0 Å². The van der Waals surface area contributed by atoms with Crippen LogP contribution in [0.1, 0.15) is 31.4 Å². The fourth-order valence-corrected chi connectivity index (χ4v) is 2.65. The third-order valence-electron chi connectivity index (χ3n) is 4.35. The van der Waals surface area contributed by atoms with Gasteiger partial charge in [-0.2, -0.15) is 0 Å². The van der Waals surface area contributed by atoms with Gasteiger partial charge < -0.3 is 15.2 Å². The van der Waals surface area contributed by atoms with E-state index in [0.29, 0.717) is 6.54 Å². The van der Waals surface area contributed by atoms with Crippen LogP contribution in [0.5, 0.6) is 0 Å². The number of nitrogens with one attached hydrogen (secondary N) is 2. The van der Waals surface area contributed by atoms with Crippen molar-refractivity contribution in [3.63, 3.8) is 0 Å². The Hall–Kier alpha value is -2.82. The van der Waals surface area contributed by atoms with E-state index in [1.54, 1.807) is 0 Å². The van der Waals surface area contributed by atoms with Crippen LogP contribution in [0.2, 0.25) is 0 Å².